The molecular formula is C16H19NO3S2. The zero-order chi connectivity index (χ0) is 16.0. The van der Waals surface area contributed by atoms with Crippen LogP contribution >= 0.6 is 11.3 Å². The molecule has 118 valence electrons. The Hall–Kier alpha value is -1.21. The number of thiophene rings is 1. The molecule has 1 unspecified atom stereocenters. The Kier molecular flexibility index (Phi) is 3.89. The average molecular weight is 337 g/mol. The van der Waals surface area contributed by atoms with Crippen molar-refractivity contribution in [2.24, 2.45) is 0 Å². The lowest BCUT2D eigenvalue weighted by atomic mass is 9.96. The lowest BCUT2D eigenvalue weighted by molar-refractivity contribution is 0.0442. The Morgan fingerprint density at radius 2 is 2.05 bits per heavy atom. The quantitative estimate of drug-likeness (QED) is 0.901. The molecule has 0 radical (unpaired) electrons. The molecule has 0 fully saturated rings. The minimum atomic E-state index is -3.58. The number of hydrogen-bond acceptors (Lipinski definition) is 4. The van der Waals surface area contributed by atoms with Gasteiger partial charge in [-0.25, -0.2) is 13.1 Å². The van der Waals surface area contributed by atoms with Crippen LogP contribution in [0, 0.1) is 13.8 Å². The summed E-state index contributed by atoms with van der Waals surface area (Å²) < 4.78 is 27.7. The molecule has 0 amide bonds. The predicted molar refractivity (Wildman–Crippen MR) is 87.6 cm³/mol. The van der Waals surface area contributed by atoms with Gasteiger partial charge in [-0.2, -0.15) is 0 Å². The van der Waals surface area contributed by atoms with Gasteiger partial charge in [0.15, 0.2) is 0 Å². The van der Waals surface area contributed by atoms with Crippen molar-refractivity contribution < 1.29 is 13.5 Å². The third kappa shape index (κ3) is 2.72. The Morgan fingerprint density at radius 3 is 2.73 bits per heavy atom. The van der Waals surface area contributed by atoms with E-state index >= 15 is 0 Å². The molecule has 1 aromatic heterocycles. The molecule has 0 bridgehead atoms. The normalized spacial score (nSPS) is 21.0. The van der Waals surface area contributed by atoms with E-state index in [-0.39, 0.29) is 6.54 Å². The first-order chi connectivity index (χ1) is 10.3. The molecule has 0 saturated carbocycles. The van der Waals surface area contributed by atoms with E-state index < -0.39 is 15.6 Å². The SMILES string of the molecule is Cc1cc(S(=O)(=O)NCC2(O)CCc3ccccc32)sc1C. The second kappa shape index (κ2) is 5.45. The smallest absolute Gasteiger partial charge is 0.250 e. The van der Waals surface area contributed by atoms with E-state index in [1.54, 1.807) is 6.07 Å². The van der Waals surface area contributed by atoms with Crippen molar-refractivity contribution in [1.82, 2.24) is 4.72 Å². The van der Waals surface area contributed by atoms with Crippen molar-refractivity contribution in [3.63, 3.8) is 0 Å². The number of benzene rings is 1. The van der Waals surface area contributed by atoms with E-state index in [2.05, 4.69) is 4.72 Å². The molecule has 0 aliphatic heterocycles. The molecule has 1 aliphatic carbocycles. The summed E-state index contributed by atoms with van der Waals surface area (Å²) in [7, 11) is -3.58. The van der Waals surface area contributed by atoms with Crippen LogP contribution in [0.4, 0.5) is 0 Å². The summed E-state index contributed by atoms with van der Waals surface area (Å²) in [5.41, 5.74) is 1.77. The molecule has 2 N–H and O–H groups in total. The van der Waals surface area contributed by atoms with Crippen LogP contribution in [0.25, 0.3) is 0 Å². The van der Waals surface area contributed by atoms with E-state index in [9.17, 15) is 13.5 Å². The highest BCUT2D eigenvalue weighted by Crippen LogP contribution is 2.36. The third-order valence-corrected chi connectivity index (χ3v) is 7.32. The van der Waals surface area contributed by atoms with Crippen LogP contribution in [-0.2, 0) is 22.0 Å². The van der Waals surface area contributed by atoms with Gasteiger partial charge in [0.2, 0.25) is 10.0 Å². The number of hydrogen-bond donors (Lipinski definition) is 2. The zero-order valence-corrected chi connectivity index (χ0v) is 14.2. The number of aliphatic hydroxyl groups is 1. The maximum atomic E-state index is 12.4. The first kappa shape index (κ1) is 15.7. The van der Waals surface area contributed by atoms with Gasteiger partial charge in [-0.05, 0) is 49.4 Å². The highest BCUT2D eigenvalue weighted by Gasteiger charge is 2.37. The van der Waals surface area contributed by atoms with Gasteiger partial charge >= 0.3 is 0 Å². The number of rotatable bonds is 4. The molecular weight excluding hydrogens is 318 g/mol. The molecule has 22 heavy (non-hydrogen) atoms. The van der Waals surface area contributed by atoms with E-state index in [1.807, 2.05) is 38.1 Å². The summed E-state index contributed by atoms with van der Waals surface area (Å²) in [6, 6.07) is 9.33. The highest BCUT2D eigenvalue weighted by atomic mass is 32.2. The largest absolute Gasteiger partial charge is 0.384 e. The Labute approximate surface area is 134 Å². The van der Waals surface area contributed by atoms with Gasteiger partial charge in [0, 0.05) is 11.4 Å². The second-order valence-electron chi connectivity index (χ2n) is 5.82. The fourth-order valence-electron chi connectivity index (χ4n) is 2.81. The topological polar surface area (TPSA) is 66.4 Å². The molecule has 0 spiro atoms. The van der Waals surface area contributed by atoms with Crippen molar-refractivity contribution in [1.29, 1.82) is 0 Å². The van der Waals surface area contributed by atoms with Crippen LogP contribution in [-0.4, -0.2) is 20.1 Å². The van der Waals surface area contributed by atoms with Gasteiger partial charge in [0.25, 0.3) is 0 Å². The number of aryl methyl sites for hydroxylation is 3. The summed E-state index contributed by atoms with van der Waals surface area (Å²) >= 11 is 1.26. The first-order valence-corrected chi connectivity index (χ1v) is 9.49. The molecule has 3 rings (SSSR count). The van der Waals surface area contributed by atoms with Gasteiger partial charge in [-0.3, -0.25) is 0 Å². The Morgan fingerprint density at radius 1 is 1.32 bits per heavy atom. The molecule has 1 atom stereocenters. The van der Waals surface area contributed by atoms with Crippen LogP contribution in [0.3, 0.4) is 0 Å². The van der Waals surface area contributed by atoms with E-state index in [0.717, 1.165) is 28.0 Å². The van der Waals surface area contributed by atoms with Gasteiger partial charge in [-0.15, -0.1) is 11.3 Å². The summed E-state index contributed by atoms with van der Waals surface area (Å²) in [5, 5.41) is 10.8. The third-order valence-electron chi connectivity index (χ3n) is 4.29. The fourth-order valence-corrected chi connectivity index (χ4v) is 5.46. The molecule has 2 aromatic rings. The van der Waals surface area contributed by atoms with Crippen LogP contribution in [0.15, 0.2) is 34.5 Å². The van der Waals surface area contributed by atoms with Crippen molar-refractivity contribution in [3.8, 4) is 0 Å². The van der Waals surface area contributed by atoms with Crippen molar-refractivity contribution in [2.75, 3.05) is 6.54 Å². The lowest BCUT2D eigenvalue weighted by Crippen LogP contribution is -2.39. The summed E-state index contributed by atoms with van der Waals surface area (Å²) in [6.07, 6.45) is 1.31. The maximum Gasteiger partial charge on any atom is 0.250 e. The molecule has 4 nitrogen and oxygen atoms in total. The molecule has 1 aliphatic rings. The Balaban J connectivity index is 1.80. The van der Waals surface area contributed by atoms with Gasteiger partial charge in [-0.1, -0.05) is 24.3 Å². The highest BCUT2D eigenvalue weighted by molar-refractivity contribution is 7.91. The van der Waals surface area contributed by atoms with E-state index in [4.69, 9.17) is 0 Å². The number of sulfonamides is 1. The van der Waals surface area contributed by atoms with Crippen LogP contribution in [0.5, 0.6) is 0 Å². The summed E-state index contributed by atoms with van der Waals surface area (Å²) in [6.45, 7) is 3.80. The number of nitrogens with one attached hydrogen (secondary N) is 1. The predicted octanol–water partition coefficient (Wildman–Crippen LogP) is 2.48. The van der Waals surface area contributed by atoms with Crippen LogP contribution in [0.1, 0.15) is 28.0 Å². The second-order valence-corrected chi connectivity index (χ2v) is 9.07. The minimum Gasteiger partial charge on any atom is -0.384 e. The Bertz CT molecular complexity index is 791. The molecule has 1 aromatic carbocycles. The van der Waals surface area contributed by atoms with Gasteiger partial charge in [0.05, 0.1) is 0 Å². The van der Waals surface area contributed by atoms with E-state index in [0.29, 0.717) is 10.6 Å². The average Bonchev–Trinajstić information content (AvgIpc) is 3.00. The van der Waals surface area contributed by atoms with Crippen molar-refractivity contribution >= 4 is 21.4 Å². The van der Waals surface area contributed by atoms with Crippen LogP contribution < -0.4 is 4.72 Å². The molecule has 0 saturated heterocycles. The van der Waals surface area contributed by atoms with Gasteiger partial charge in [0.1, 0.15) is 9.81 Å². The zero-order valence-electron chi connectivity index (χ0n) is 12.6. The fraction of sp³-hybridized carbons (Fsp3) is 0.375. The lowest BCUT2D eigenvalue weighted by Gasteiger charge is -2.24. The maximum absolute atomic E-state index is 12.4. The van der Waals surface area contributed by atoms with Gasteiger partial charge < -0.3 is 5.11 Å². The van der Waals surface area contributed by atoms with Crippen molar-refractivity contribution in [2.45, 2.75) is 36.5 Å². The van der Waals surface area contributed by atoms with Crippen LogP contribution in [0.2, 0.25) is 0 Å². The minimum absolute atomic E-state index is 0.00232. The summed E-state index contributed by atoms with van der Waals surface area (Å²) in [5.74, 6) is 0. The standard InChI is InChI=1S/C16H19NO3S2/c1-11-9-15(21-12(11)2)22(19,20)17-10-16(18)8-7-13-5-3-4-6-14(13)16/h3-6,9,17-18H,7-8,10H2,1-2H3. The first-order valence-electron chi connectivity index (χ1n) is 7.19. The van der Waals surface area contributed by atoms with E-state index in [1.165, 1.54) is 11.3 Å². The van der Waals surface area contributed by atoms with Crippen molar-refractivity contribution in [3.05, 3.63) is 51.9 Å². The number of fused-ring (bicyclic) bond motifs is 1. The monoisotopic (exact) mass is 337 g/mol. The summed E-state index contributed by atoms with van der Waals surface area (Å²) in [4.78, 5) is 0.991. The molecule has 1 heterocycles. The molecule has 6 heteroatoms.